The van der Waals surface area contributed by atoms with Crippen LogP contribution in [0.2, 0.25) is 0 Å². The molecule has 0 aliphatic heterocycles. The van der Waals surface area contributed by atoms with Crippen molar-refractivity contribution in [3.8, 4) is 0 Å². The molecule has 1 heteroatoms. The fourth-order valence-electron chi connectivity index (χ4n) is 2.58. The van der Waals surface area contributed by atoms with Crippen molar-refractivity contribution in [3.05, 3.63) is 23.3 Å². The van der Waals surface area contributed by atoms with E-state index in [1.54, 1.807) is 0 Å². The molecule has 0 amide bonds. The van der Waals surface area contributed by atoms with Crippen LogP contribution in [0.4, 0.5) is 0 Å². The molecule has 0 bridgehead atoms. The van der Waals surface area contributed by atoms with Gasteiger partial charge < -0.3 is 0 Å². The molecule has 16 heavy (non-hydrogen) atoms. The summed E-state index contributed by atoms with van der Waals surface area (Å²) in [5.41, 5.74) is 2.67. The van der Waals surface area contributed by atoms with Crippen molar-refractivity contribution in [2.75, 3.05) is 0 Å². The third-order valence-corrected chi connectivity index (χ3v) is 4.37. The molecule has 1 rings (SSSR count). The fraction of sp³-hybridized carbons (Fsp3) is 0.667. The Kier molecular flexibility index (Phi) is 4.12. The number of rotatable bonds is 3. The monoisotopic (exact) mass is 220 g/mol. The number of hydrogen-bond acceptors (Lipinski definition) is 1. The van der Waals surface area contributed by atoms with Gasteiger partial charge in [0, 0.05) is 0 Å². The average molecular weight is 220 g/mol. The van der Waals surface area contributed by atoms with Gasteiger partial charge in [-0.2, -0.15) is 0 Å². The molecule has 1 nitrogen and oxygen atoms in total. The van der Waals surface area contributed by atoms with Crippen molar-refractivity contribution < 1.29 is 4.79 Å². The Labute approximate surface area is 99.6 Å². The first-order valence-corrected chi connectivity index (χ1v) is 6.18. The van der Waals surface area contributed by atoms with E-state index in [2.05, 4.69) is 39.8 Å². The summed E-state index contributed by atoms with van der Waals surface area (Å²) in [7, 11) is 0. The van der Waals surface area contributed by atoms with Gasteiger partial charge in [-0.3, -0.25) is 4.79 Å². The summed E-state index contributed by atoms with van der Waals surface area (Å²) >= 11 is 0. The van der Waals surface area contributed by atoms with Crippen molar-refractivity contribution in [1.82, 2.24) is 0 Å². The molecule has 0 N–H and O–H groups in total. The number of carbonyl (C=O) groups excluding carboxylic acids is 1. The molecular formula is C15H24O. The van der Waals surface area contributed by atoms with Crippen LogP contribution < -0.4 is 0 Å². The first-order chi connectivity index (χ1) is 7.39. The molecule has 1 aliphatic rings. The topological polar surface area (TPSA) is 17.1 Å². The molecule has 0 saturated carbocycles. The minimum atomic E-state index is 0.332. The van der Waals surface area contributed by atoms with E-state index in [0.29, 0.717) is 17.3 Å². The number of carbonyl (C=O) groups is 1. The van der Waals surface area contributed by atoms with Gasteiger partial charge in [0.1, 0.15) is 6.29 Å². The highest BCUT2D eigenvalue weighted by Gasteiger charge is 2.37. The van der Waals surface area contributed by atoms with E-state index < -0.39 is 0 Å². The van der Waals surface area contributed by atoms with Crippen molar-refractivity contribution in [2.24, 2.45) is 17.3 Å². The standard InChI is InChI=1S/C15H24O/c1-11(10-16)6-9-14-12(2)7-8-13(3)15(14,4)5/h6-7,10,13-14H,8-9H2,1-5H3/b11-6+/t13-,14+/m0/s1. The van der Waals surface area contributed by atoms with Crippen LogP contribution in [0.1, 0.15) is 47.5 Å². The third-order valence-electron chi connectivity index (χ3n) is 4.37. The van der Waals surface area contributed by atoms with E-state index in [-0.39, 0.29) is 0 Å². The summed E-state index contributed by atoms with van der Waals surface area (Å²) in [5.74, 6) is 1.29. The zero-order valence-corrected chi connectivity index (χ0v) is 11.2. The maximum Gasteiger partial charge on any atom is 0.145 e. The van der Waals surface area contributed by atoms with Crippen LogP contribution in [-0.2, 0) is 4.79 Å². The van der Waals surface area contributed by atoms with Gasteiger partial charge in [0.25, 0.3) is 0 Å². The molecule has 0 spiro atoms. The normalized spacial score (nSPS) is 29.8. The average Bonchev–Trinajstić information content (AvgIpc) is 2.23. The van der Waals surface area contributed by atoms with E-state index in [1.807, 2.05) is 6.92 Å². The van der Waals surface area contributed by atoms with E-state index in [9.17, 15) is 4.79 Å². The lowest BCUT2D eigenvalue weighted by atomic mass is 9.62. The molecule has 0 radical (unpaired) electrons. The summed E-state index contributed by atoms with van der Waals surface area (Å²) in [6.45, 7) is 11.1. The number of allylic oxidation sites excluding steroid dienone is 4. The Bertz CT molecular complexity index is 320. The molecule has 0 aromatic carbocycles. The van der Waals surface area contributed by atoms with Crippen LogP contribution >= 0.6 is 0 Å². The molecule has 0 aromatic heterocycles. The first-order valence-electron chi connectivity index (χ1n) is 6.18. The number of aldehydes is 1. The predicted octanol–water partition coefficient (Wildman–Crippen LogP) is 4.15. The van der Waals surface area contributed by atoms with Gasteiger partial charge in [-0.1, -0.05) is 38.5 Å². The molecule has 0 fully saturated rings. The highest BCUT2D eigenvalue weighted by atomic mass is 16.1. The minimum absolute atomic E-state index is 0.332. The van der Waals surface area contributed by atoms with E-state index in [0.717, 1.165) is 18.3 Å². The van der Waals surface area contributed by atoms with Crippen LogP contribution in [0, 0.1) is 17.3 Å². The zero-order chi connectivity index (χ0) is 12.3. The summed E-state index contributed by atoms with van der Waals surface area (Å²) in [4.78, 5) is 10.6. The SMILES string of the molecule is CC1=CC[C@H](C)C(C)(C)[C@@H]1C/C=C(\C)C=O. The molecular weight excluding hydrogens is 196 g/mol. The largest absolute Gasteiger partial charge is 0.298 e. The summed E-state index contributed by atoms with van der Waals surface area (Å²) < 4.78 is 0. The van der Waals surface area contributed by atoms with Gasteiger partial charge in [0.05, 0.1) is 0 Å². The molecule has 0 heterocycles. The Morgan fingerprint density at radius 3 is 2.75 bits per heavy atom. The molecule has 0 unspecified atom stereocenters. The smallest absolute Gasteiger partial charge is 0.145 e. The molecule has 0 saturated heterocycles. The minimum Gasteiger partial charge on any atom is -0.298 e. The summed E-state index contributed by atoms with van der Waals surface area (Å²) in [6, 6.07) is 0. The number of hydrogen-bond donors (Lipinski definition) is 0. The predicted molar refractivity (Wildman–Crippen MR) is 69.2 cm³/mol. The second-order valence-electron chi connectivity index (χ2n) is 5.76. The Morgan fingerprint density at radius 1 is 1.56 bits per heavy atom. The highest BCUT2D eigenvalue weighted by Crippen LogP contribution is 2.46. The van der Waals surface area contributed by atoms with Gasteiger partial charge in [0.15, 0.2) is 0 Å². The van der Waals surface area contributed by atoms with Crippen LogP contribution in [0.25, 0.3) is 0 Å². The van der Waals surface area contributed by atoms with Crippen molar-refractivity contribution in [2.45, 2.75) is 47.5 Å². The van der Waals surface area contributed by atoms with Crippen LogP contribution in [-0.4, -0.2) is 6.29 Å². The Morgan fingerprint density at radius 2 is 2.19 bits per heavy atom. The first kappa shape index (κ1) is 13.2. The van der Waals surface area contributed by atoms with Crippen LogP contribution in [0.3, 0.4) is 0 Å². The van der Waals surface area contributed by atoms with Crippen molar-refractivity contribution in [1.29, 1.82) is 0 Å². The zero-order valence-electron chi connectivity index (χ0n) is 11.2. The summed E-state index contributed by atoms with van der Waals surface area (Å²) in [6.07, 6.45) is 7.56. The summed E-state index contributed by atoms with van der Waals surface area (Å²) in [5, 5.41) is 0. The van der Waals surface area contributed by atoms with Crippen molar-refractivity contribution in [3.63, 3.8) is 0 Å². The van der Waals surface area contributed by atoms with Crippen LogP contribution in [0.15, 0.2) is 23.3 Å². The fourth-order valence-corrected chi connectivity index (χ4v) is 2.58. The van der Waals surface area contributed by atoms with E-state index in [1.165, 1.54) is 12.0 Å². The van der Waals surface area contributed by atoms with Gasteiger partial charge in [-0.25, -0.2) is 0 Å². The lowest BCUT2D eigenvalue weighted by Gasteiger charge is -2.43. The Hall–Kier alpha value is -0.850. The lowest BCUT2D eigenvalue weighted by molar-refractivity contribution is -0.104. The van der Waals surface area contributed by atoms with Gasteiger partial charge in [-0.05, 0) is 49.5 Å². The molecule has 0 aromatic rings. The van der Waals surface area contributed by atoms with Crippen molar-refractivity contribution >= 4 is 6.29 Å². The Balaban J connectivity index is 2.87. The molecule has 2 atom stereocenters. The second-order valence-corrected chi connectivity index (χ2v) is 5.76. The van der Waals surface area contributed by atoms with Crippen LogP contribution in [0.5, 0.6) is 0 Å². The third kappa shape index (κ3) is 2.63. The molecule has 90 valence electrons. The van der Waals surface area contributed by atoms with Gasteiger partial charge in [0.2, 0.25) is 0 Å². The second kappa shape index (κ2) is 4.99. The van der Waals surface area contributed by atoms with Gasteiger partial charge in [-0.15, -0.1) is 0 Å². The van der Waals surface area contributed by atoms with E-state index >= 15 is 0 Å². The lowest BCUT2D eigenvalue weighted by Crippen LogP contribution is -2.34. The maximum atomic E-state index is 10.6. The highest BCUT2D eigenvalue weighted by molar-refractivity contribution is 5.71. The molecule has 1 aliphatic carbocycles. The quantitative estimate of drug-likeness (QED) is 0.397. The maximum absolute atomic E-state index is 10.6. The van der Waals surface area contributed by atoms with E-state index in [4.69, 9.17) is 0 Å². The van der Waals surface area contributed by atoms with Gasteiger partial charge >= 0.3 is 0 Å².